The molecule has 0 aliphatic carbocycles. The van der Waals surface area contributed by atoms with Crippen LogP contribution in [0.25, 0.3) is 0 Å². The summed E-state index contributed by atoms with van der Waals surface area (Å²) in [7, 11) is 0. The van der Waals surface area contributed by atoms with Crippen LogP contribution in [0.5, 0.6) is 0 Å². The Morgan fingerprint density at radius 2 is 1.94 bits per heavy atom. The van der Waals surface area contributed by atoms with E-state index in [0.29, 0.717) is 5.56 Å². The van der Waals surface area contributed by atoms with E-state index in [2.05, 4.69) is 0 Å². The van der Waals surface area contributed by atoms with Gasteiger partial charge in [0.25, 0.3) is 0 Å². The number of primary amides is 1. The summed E-state index contributed by atoms with van der Waals surface area (Å²) in [5, 5.41) is 0. The van der Waals surface area contributed by atoms with Crippen LogP contribution in [0.15, 0.2) is 24.3 Å². The van der Waals surface area contributed by atoms with E-state index in [1.54, 1.807) is 12.1 Å². The molecule has 2 N–H and O–H groups in total. The molecule has 0 aliphatic heterocycles. The fourth-order valence-electron chi connectivity index (χ4n) is 1.38. The summed E-state index contributed by atoms with van der Waals surface area (Å²) >= 11 is 0. The number of hydrogen-bond donors (Lipinski definition) is 1. The van der Waals surface area contributed by atoms with Gasteiger partial charge in [-0.2, -0.15) is 13.2 Å². The van der Waals surface area contributed by atoms with Crippen molar-refractivity contribution in [2.24, 2.45) is 11.7 Å². The maximum Gasteiger partial charge on any atom is 0.391 e. The normalized spacial score (nSPS) is 13.5. The van der Waals surface area contributed by atoms with Crippen molar-refractivity contribution >= 4 is 5.91 Å². The van der Waals surface area contributed by atoms with E-state index < -0.39 is 18.0 Å². The maximum atomic E-state index is 12.4. The van der Waals surface area contributed by atoms with Gasteiger partial charge in [-0.3, -0.25) is 4.79 Å². The lowest BCUT2D eigenvalue weighted by atomic mass is 9.96. The fraction of sp³-hybridized carbons (Fsp3) is 0.364. The Balaban J connectivity index is 2.93. The highest BCUT2D eigenvalue weighted by Crippen LogP contribution is 2.29. The molecule has 1 amide bonds. The number of halogens is 3. The number of carbonyl (C=O) groups is 1. The van der Waals surface area contributed by atoms with Gasteiger partial charge in [0.2, 0.25) is 5.91 Å². The van der Waals surface area contributed by atoms with Crippen LogP contribution in [0, 0.1) is 5.92 Å². The van der Waals surface area contributed by atoms with Gasteiger partial charge in [-0.15, -0.1) is 0 Å². The lowest BCUT2D eigenvalue weighted by molar-refractivity contribution is -0.169. The van der Waals surface area contributed by atoms with Crippen molar-refractivity contribution in [1.29, 1.82) is 0 Å². The predicted octanol–water partition coefficient (Wildman–Crippen LogP) is 2.53. The van der Waals surface area contributed by atoms with Crippen LogP contribution in [0.4, 0.5) is 13.2 Å². The van der Waals surface area contributed by atoms with Crippen LogP contribution in [0.3, 0.4) is 0 Å². The van der Waals surface area contributed by atoms with Gasteiger partial charge in [0.05, 0.1) is 5.92 Å². The Kier molecular flexibility index (Phi) is 3.57. The van der Waals surface area contributed by atoms with Gasteiger partial charge in [0.1, 0.15) is 0 Å². The number of nitrogens with two attached hydrogens (primary N) is 1. The molecule has 0 radical (unpaired) electrons. The summed E-state index contributed by atoms with van der Waals surface area (Å²) in [4.78, 5) is 11.0. The molecule has 1 atom stereocenters. The van der Waals surface area contributed by atoms with E-state index in [0.717, 1.165) is 6.92 Å². The van der Waals surface area contributed by atoms with E-state index in [9.17, 15) is 18.0 Å². The molecule has 0 spiro atoms. The summed E-state index contributed by atoms with van der Waals surface area (Å²) in [6.45, 7) is 1.08. The van der Waals surface area contributed by atoms with Gasteiger partial charge in [-0.25, -0.2) is 0 Å². The van der Waals surface area contributed by atoms with E-state index in [1.165, 1.54) is 12.1 Å². The van der Waals surface area contributed by atoms with Gasteiger partial charge in [-0.05, 0) is 18.1 Å². The highest BCUT2D eigenvalue weighted by Gasteiger charge is 2.36. The minimum Gasteiger partial charge on any atom is -0.366 e. The van der Waals surface area contributed by atoms with Crippen molar-refractivity contribution in [3.8, 4) is 0 Å². The summed E-state index contributed by atoms with van der Waals surface area (Å²) in [5.41, 5.74) is 5.56. The molecule has 0 saturated heterocycles. The molecule has 1 rings (SSSR count). The van der Waals surface area contributed by atoms with Crippen molar-refractivity contribution in [1.82, 2.24) is 0 Å². The summed E-state index contributed by atoms with van der Waals surface area (Å²) in [5.74, 6) is -2.20. The molecule has 88 valence electrons. The van der Waals surface area contributed by atoms with E-state index >= 15 is 0 Å². The molecule has 2 nitrogen and oxygen atoms in total. The van der Waals surface area contributed by atoms with Crippen LogP contribution in [-0.4, -0.2) is 12.1 Å². The molecular formula is C11H12F3NO. The quantitative estimate of drug-likeness (QED) is 0.853. The summed E-state index contributed by atoms with van der Waals surface area (Å²) in [6.07, 6.45) is -4.49. The first-order chi connectivity index (χ1) is 7.32. The van der Waals surface area contributed by atoms with Crippen LogP contribution >= 0.6 is 0 Å². The second kappa shape index (κ2) is 4.55. The first-order valence-corrected chi connectivity index (χ1v) is 4.76. The molecule has 5 heteroatoms. The summed E-state index contributed by atoms with van der Waals surface area (Å²) < 4.78 is 37.1. The molecular weight excluding hydrogens is 219 g/mol. The van der Waals surface area contributed by atoms with Gasteiger partial charge in [0, 0.05) is 5.56 Å². The molecule has 0 aromatic heterocycles. The highest BCUT2D eigenvalue weighted by atomic mass is 19.4. The Hall–Kier alpha value is -1.52. The number of benzene rings is 1. The minimum absolute atomic E-state index is 0.151. The smallest absolute Gasteiger partial charge is 0.366 e. The van der Waals surface area contributed by atoms with Gasteiger partial charge in [-0.1, -0.05) is 25.1 Å². The number of amides is 1. The number of hydrogen-bond acceptors (Lipinski definition) is 1. The van der Waals surface area contributed by atoms with Gasteiger partial charge < -0.3 is 5.73 Å². The zero-order valence-corrected chi connectivity index (χ0v) is 8.71. The first kappa shape index (κ1) is 12.5. The minimum atomic E-state index is -4.26. The number of carbonyl (C=O) groups excluding carboxylic acids is 1. The Labute approximate surface area is 91.3 Å². The molecule has 0 unspecified atom stereocenters. The Bertz CT molecular complexity index is 387. The van der Waals surface area contributed by atoms with Gasteiger partial charge >= 0.3 is 6.18 Å². The molecule has 0 heterocycles. The second-order valence-electron chi connectivity index (χ2n) is 3.67. The third-order valence-electron chi connectivity index (χ3n) is 2.37. The number of rotatable bonds is 3. The Morgan fingerprint density at radius 3 is 2.44 bits per heavy atom. The third-order valence-corrected chi connectivity index (χ3v) is 2.37. The molecule has 1 aromatic rings. The van der Waals surface area contributed by atoms with Crippen LogP contribution in [0.1, 0.15) is 22.8 Å². The maximum absolute atomic E-state index is 12.4. The van der Waals surface area contributed by atoms with Crippen LogP contribution in [-0.2, 0) is 6.42 Å². The molecule has 0 aliphatic rings. The highest BCUT2D eigenvalue weighted by molar-refractivity contribution is 5.94. The lowest BCUT2D eigenvalue weighted by Gasteiger charge is -2.16. The predicted molar refractivity (Wildman–Crippen MR) is 53.9 cm³/mol. The van der Waals surface area contributed by atoms with E-state index in [4.69, 9.17) is 5.73 Å². The van der Waals surface area contributed by atoms with Crippen molar-refractivity contribution in [3.63, 3.8) is 0 Å². The molecule has 0 saturated carbocycles. The summed E-state index contributed by atoms with van der Waals surface area (Å²) in [6, 6.07) is 6.08. The average Bonchev–Trinajstić information content (AvgIpc) is 2.16. The SMILES string of the molecule is C[C@H](Cc1ccccc1C(N)=O)C(F)(F)F. The average molecular weight is 231 g/mol. The van der Waals surface area contributed by atoms with E-state index in [1.807, 2.05) is 0 Å². The van der Waals surface area contributed by atoms with Crippen molar-refractivity contribution in [3.05, 3.63) is 35.4 Å². The van der Waals surface area contributed by atoms with Crippen molar-refractivity contribution in [2.45, 2.75) is 19.5 Å². The molecule has 1 aromatic carbocycles. The number of alkyl halides is 3. The fourth-order valence-corrected chi connectivity index (χ4v) is 1.38. The lowest BCUT2D eigenvalue weighted by Crippen LogP contribution is -2.23. The largest absolute Gasteiger partial charge is 0.391 e. The second-order valence-corrected chi connectivity index (χ2v) is 3.67. The van der Waals surface area contributed by atoms with Gasteiger partial charge in [0.15, 0.2) is 0 Å². The van der Waals surface area contributed by atoms with E-state index in [-0.39, 0.29) is 12.0 Å². The molecule has 0 fully saturated rings. The first-order valence-electron chi connectivity index (χ1n) is 4.76. The Morgan fingerprint density at radius 1 is 1.38 bits per heavy atom. The third kappa shape index (κ3) is 2.98. The zero-order valence-electron chi connectivity index (χ0n) is 8.71. The van der Waals surface area contributed by atoms with Crippen molar-refractivity contribution < 1.29 is 18.0 Å². The van der Waals surface area contributed by atoms with Crippen molar-refractivity contribution in [2.75, 3.05) is 0 Å². The van der Waals surface area contributed by atoms with Crippen LogP contribution in [0.2, 0.25) is 0 Å². The van der Waals surface area contributed by atoms with Crippen LogP contribution < -0.4 is 5.73 Å². The molecule has 16 heavy (non-hydrogen) atoms. The topological polar surface area (TPSA) is 43.1 Å². The monoisotopic (exact) mass is 231 g/mol. The standard InChI is InChI=1S/C11H12F3NO/c1-7(11(12,13)14)6-8-4-2-3-5-9(8)10(15)16/h2-5,7H,6H2,1H3,(H2,15,16)/t7-/m1/s1. The molecule has 0 bridgehead atoms. The zero-order chi connectivity index (χ0) is 12.3.